The SMILES string of the molecule is N#Cc1ccnc(NC(=O)C2=CCC(c3nc(C4CCCC4)n4ccnc(N)c34)C=C2)c1. The zero-order valence-electron chi connectivity index (χ0n) is 17.5. The third-order valence-corrected chi connectivity index (χ3v) is 6.20. The standard InChI is InChI=1S/C24H23N7O/c25-14-15-9-10-27-19(13-15)29-24(32)18-7-5-16(6-8-18)20-21-22(26)28-11-12-31(21)23(30-20)17-3-1-2-4-17/h5,7-13,16-17H,1-4,6H2,(H2,26,28)(H,27,29,32). The fourth-order valence-corrected chi connectivity index (χ4v) is 4.59. The first-order valence-electron chi connectivity index (χ1n) is 10.8. The van der Waals surface area contributed by atoms with Gasteiger partial charge in [-0.25, -0.2) is 15.0 Å². The Kier molecular flexibility index (Phi) is 5.15. The molecule has 160 valence electrons. The van der Waals surface area contributed by atoms with E-state index in [-0.39, 0.29) is 11.8 Å². The molecule has 0 bridgehead atoms. The van der Waals surface area contributed by atoms with Gasteiger partial charge >= 0.3 is 0 Å². The number of nitrogen functional groups attached to an aromatic ring is 1. The van der Waals surface area contributed by atoms with Crippen LogP contribution in [0, 0.1) is 11.3 Å². The smallest absolute Gasteiger partial charge is 0.256 e. The van der Waals surface area contributed by atoms with E-state index in [1.54, 1.807) is 18.3 Å². The average Bonchev–Trinajstić information content (AvgIpc) is 3.48. The predicted octanol–water partition coefficient (Wildman–Crippen LogP) is 3.84. The second-order valence-electron chi connectivity index (χ2n) is 8.22. The highest BCUT2D eigenvalue weighted by Crippen LogP contribution is 2.38. The third kappa shape index (κ3) is 3.62. The fraction of sp³-hybridized carbons (Fsp3) is 0.292. The number of nitrogens with two attached hydrogens (primary N) is 1. The minimum atomic E-state index is -0.259. The van der Waals surface area contributed by atoms with E-state index in [4.69, 9.17) is 16.0 Å². The van der Waals surface area contributed by atoms with Crippen LogP contribution in [0.5, 0.6) is 0 Å². The normalized spacial score (nSPS) is 18.5. The van der Waals surface area contributed by atoms with E-state index >= 15 is 0 Å². The largest absolute Gasteiger partial charge is 0.382 e. The summed E-state index contributed by atoms with van der Waals surface area (Å²) in [6.45, 7) is 0. The Morgan fingerprint density at radius 3 is 2.84 bits per heavy atom. The Labute approximate surface area is 185 Å². The number of hydrogen-bond donors (Lipinski definition) is 2. The number of carbonyl (C=O) groups is 1. The molecule has 3 N–H and O–H groups in total. The Morgan fingerprint density at radius 1 is 1.25 bits per heavy atom. The lowest BCUT2D eigenvalue weighted by Gasteiger charge is -2.15. The number of anilines is 2. The number of rotatable bonds is 4. The van der Waals surface area contributed by atoms with Gasteiger partial charge in [-0.15, -0.1) is 0 Å². The van der Waals surface area contributed by atoms with E-state index in [1.165, 1.54) is 19.0 Å². The van der Waals surface area contributed by atoms with Crippen molar-refractivity contribution in [1.82, 2.24) is 19.4 Å². The van der Waals surface area contributed by atoms with E-state index in [9.17, 15) is 4.79 Å². The van der Waals surface area contributed by atoms with Crippen molar-refractivity contribution in [2.24, 2.45) is 0 Å². The lowest BCUT2D eigenvalue weighted by molar-refractivity contribution is -0.112. The fourth-order valence-electron chi connectivity index (χ4n) is 4.59. The molecule has 8 nitrogen and oxygen atoms in total. The molecule has 3 heterocycles. The number of allylic oxidation sites excluding steroid dienone is 2. The summed E-state index contributed by atoms with van der Waals surface area (Å²) in [5.41, 5.74) is 9.03. The Morgan fingerprint density at radius 2 is 2.09 bits per heavy atom. The van der Waals surface area contributed by atoms with Gasteiger partial charge in [0.2, 0.25) is 0 Å². The number of nitrogens with one attached hydrogen (secondary N) is 1. The van der Waals surface area contributed by atoms with Gasteiger partial charge in [0.25, 0.3) is 5.91 Å². The lowest BCUT2D eigenvalue weighted by Crippen LogP contribution is -2.16. The molecule has 0 spiro atoms. The number of nitriles is 1. The predicted molar refractivity (Wildman–Crippen MR) is 121 cm³/mol. The average molecular weight is 425 g/mol. The molecule has 1 saturated carbocycles. The summed E-state index contributed by atoms with van der Waals surface area (Å²) in [5, 5.41) is 11.8. The molecule has 0 radical (unpaired) electrons. The number of fused-ring (bicyclic) bond motifs is 1. The monoisotopic (exact) mass is 425 g/mol. The zero-order valence-corrected chi connectivity index (χ0v) is 17.5. The maximum absolute atomic E-state index is 12.7. The number of carbonyl (C=O) groups excluding carboxylic acids is 1. The third-order valence-electron chi connectivity index (χ3n) is 6.20. The number of imidazole rings is 1. The van der Waals surface area contributed by atoms with Crippen molar-refractivity contribution in [1.29, 1.82) is 5.26 Å². The summed E-state index contributed by atoms with van der Waals surface area (Å²) in [7, 11) is 0. The number of pyridine rings is 1. The van der Waals surface area contributed by atoms with Gasteiger partial charge < -0.3 is 11.1 Å². The molecule has 5 rings (SSSR count). The summed E-state index contributed by atoms with van der Waals surface area (Å²) in [5.74, 6) is 2.09. The van der Waals surface area contributed by atoms with E-state index in [0.717, 1.165) is 29.9 Å². The van der Waals surface area contributed by atoms with Crippen molar-refractivity contribution in [3.8, 4) is 6.07 Å². The number of hydrogen-bond acceptors (Lipinski definition) is 6. The molecule has 1 fully saturated rings. The quantitative estimate of drug-likeness (QED) is 0.655. The van der Waals surface area contributed by atoms with E-state index < -0.39 is 0 Å². The van der Waals surface area contributed by atoms with Crippen LogP contribution >= 0.6 is 0 Å². The first kappa shape index (κ1) is 19.9. The van der Waals surface area contributed by atoms with Gasteiger partial charge in [0, 0.05) is 36.0 Å². The molecular formula is C24H23N7O. The molecule has 3 aromatic rings. The summed E-state index contributed by atoms with van der Waals surface area (Å²) in [6.07, 6.45) is 16.3. The van der Waals surface area contributed by atoms with Gasteiger partial charge in [0.1, 0.15) is 23.0 Å². The molecule has 32 heavy (non-hydrogen) atoms. The first-order chi connectivity index (χ1) is 15.6. The minimum absolute atomic E-state index is 0.0169. The Hall–Kier alpha value is -3.99. The van der Waals surface area contributed by atoms with Crippen molar-refractivity contribution in [2.75, 3.05) is 11.1 Å². The summed E-state index contributed by atoms with van der Waals surface area (Å²) in [6, 6.07) is 5.18. The molecule has 0 aliphatic heterocycles. The topological polar surface area (TPSA) is 122 Å². The molecule has 0 saturated heterocycles. The Balaban J connectivity index is 1.38. The van der Waals surface area contributed by atoms with Crippen molar-refractivity contribution < 1.29 is 4.79 Å². The van der Waals surface area contributed by atoms with Crippen molar-refractivity contribution >= 4 is 23.1 Å². The molecule has 2 aliphatic rings. The summed E-state index contributed by atoms with van der Waals surface area (Å²) in [4.78, 5) is 26.1. The molecule has 8 heteroatoms. The van der Waals surface area contributed by atoms with Gasteiger partial charge in [-0.3, -0.25) is 9.20 Å². The van der Waals surface area contributed by atoms with Crippen LogP contribution in [0.3, 0.4) is 0 Å². The van der Waals surface area contributed by atoms with Crippen LogP contribution in [0.2, 0.25) is 0 Å². The minimum Gasteiger partial charge on any atom is -0.382 e. The summed E-state index contributed by atoms with van der Waals surface area (Å²) >= 11 is 0. The Bertz CT molecular complexity index is 1290. The maximum atomic E-state index is 12.7. The molecule has 2 aliphatic carbocycles. The van der Waals surface area contributed by atoms with Crippen molar-refractivity contribution in [3.63, 3.8) is 0 Å². The highest BCUT2D eigenvalue weighted by Gasteiger charge is 2.27. The van der Waals surface area contributed by atoms with E-state index in [0.29, 0.717) is 35.1 Å². The number of amides is 1. The number of nitrogens with zero attached hydrogens (tertiary/aromatic N) is 5. The molecule has 3 aromatic heterocycles. The summed E-state index contributed by atoms with van der Waals surface area (Å²) < 4.78 is 2.10. The van der Waals surface area contributed by atoms with Crippen LogP contribution in [0.4, 0.5) is 11.6 Å². The molecular weight excluding hydrogens is 402 g/mol. The van der Waals surface area contributed by atoms with Gasteiger partial charge in [-0.1, -0.05) is 31.1 Å². The van der Waals surface area contributed by atoms with Crippen molar-refractivity contribution in [3.05, 3.63) is 71.6 Å². The van der Waals surface area contributed by atoms with Crippen LogP contribution in [-0.4, -0.2) is 25.3 Å². The van der Waals surface area contributed by atoms with Gasteiger partial charge in [-0.2, -0.15) is 5.26 Å². The molecule has 1 unspecified atom stereocenters. The highest BCUT2D eigenvalue weighted by atomic mass is 16.1. The van der Waals surface area contributed by atoms with Crippen LogP contribution in [0.25, 0.3) is 5.52 Å². The molecule has 1 atom stereocenters. The first-order valence-corrected chi connectivity index (χ1v) is 10.8. The second-order valence-corrected chi connectivity index (χ2v) is 8.22. The van der Waals surface area contributed by atoms with Crippen LogP contribution < -0.4 is 11.1 Å². The highest BCUT2D eigenvalue weighted by molar-refractivity contribution is 6.05. The second kappa shape index (κ2) is 8.27. The van der Waals surface area contributed by atoms with Crippen molar-refractivity contribution in [2.45, 2.75) is 43.9 Å². The lowest BCUT2D eigenvalue weighted by atomic mass is 9.93. The molecule has 1 amide bonds. The molecule has 0 aromatic carbocycles. The van der Waals surface area contributed by atoms with E-state index in [1.807, 2.05) is 30.5 Å². The van der Waals surface area contributed by atoms with Gasteiger partial charge in [-0.05, 0) is 31.4 Å². The zero-order chi connectivity index (χ0) is 22.1. The maximum Gasteiger partial charge on any atom is 0.256 e. The van der Waals surface area contributed by atoms with Crippen LogP contribution in [0.15, 0.2) is 54.5 Å². The van der Waals surface area contributed by atoms with E-state index in [2.05, 4.69) is 19.7 Å². The van der Waals surface area contributed by atoms with Crippen LogP contribution in [-0.2, 0) is 4.79 Å². The van der Waals surface area contributed by atoms with Gasteiger partial charge in [0.05, 0.1) is 17.3 Å². The van der Waals surface area contributed by atoms with Gasteiger partial charge in [0.15, 0.2) is 0 Å². The number of aromatic nitrogens is 4. The van der Waals surface area contributed by atoms with Crippen LogP contribution in [0.1, 0.15) is 61.0 Å².